The highest BCUT2D eigenvalue weighted by Crippen LogP contribution is 2.28. The fourth-order valence-corrected chi connectivity index (χ4v) is 4.51. The standard InChI is InChI=1S/C22H25N3O2S/c1-14(2)25(15(3)4)22-24-21(27)18-13-17(10-11-19(18)28-22)23-20(26)12-16-8-6-5-7-9-16/h5-11,13-15H,12H2,1-4H3,(H,23,26). The van der Waals surface area contributed by atoms with E-state index in [1.54, 1.807) is 6.07 Å². The van der Waals surface area contributed by atoms with Gasteiger partial charge >= 0.3 is 0 Å². The quantitative estimate of drug-likeness (QED) is 0.669. The van der Waals surface area contributed by atoms with Crippen LogP contribution in [0.15, 0.2) is 53.3 Å². The Kier molecular flexibility index (Phi) is 6.09. The zero-order chi connectivity index (χ0) is 20.3. The van der Waals surface area contributed by atoms with Gasteiger partial charge in [0.25, 0.3) is 5.56 Å². The predicted octanol–water partition coefficient (Wildman–Crippen LogP) is 4.46. The van der Waals surface area contributed by atoms with Gasteiger partial charge in [-0.3, -0.25) is 9.59 Å². The maximum absolute atomic E-state index is 12.6. The van der Waals surface area contributed by atoms with Crippen LogP contribution in [0.3, 0.4) is 0 Å². The summed E-state index contributed by atoms with van der Waals surface area (Å²) in [5.41, 5.74) is 1.28. The molecule has 28 heavy (non-hydrogen) atoms. The van der Waals surface area contributed by atoms with Crippen LogP contribution in [0.25, 0.3) is 10.1 Å². The molecule has 0 radical (unpaired) electrons. The highest BCUT2D eigenvalue weighted by atomic mass is 32.1. The van der Waals surface area contributed by atoms with Gasteiger partial charge in [-0.05, 0) is 51.5 Å². The Labute approximate surface area is 169 Å². The lowest BCUT2D eigenvalue weighted by Crippen LogP contribution is -2.38. The van der Waals surface area contributed by atoms with E-state index in [0.29, 0.717) is 17.5 Å². The number of nitrogens with one attached hydrogen (secondary N) is 1. The summed E-state index contributed by atoms with van der Waals surface area (Å²) < 4.78 is 0.863. The van der Waals surface area contributed by atoms with Crippen molar-refractivity contribution in [2.24, 2.45) is 0 Å². The molecule has 0 saturated heterocycles. The van der Waals surface area contributed by atoms with Crippen LogP contribution in [0, 0.1) is 0 Å². The Bertz CT molecular complexity index is 1020. The second kappa shape index (κ2) is 8.52. The molecule has 0 aliphatic carbocycles. The van der Waals surface area contributed by atoms with E-state index in [4.69, 9.17) is 0 Å². The molecular formula is C22H25N3O2S. The van der Waals surface area contributed by atoms with Crippen LogP contribution in [0.4, 0.5) is 10.8 Å². The molecule has 0 fully saturated rings. The lowest BCUT2D eigenvalue weighted by Gasteiger charge is -2.31. The summed E-state index contributed by atoms with van der Waals surface area (Å²) in [6.07, 6.45) is 0.292. The van der Waals surface area contributed by atoms with Crippen molar-refractivity contribution in [3.63, 3.8) is 0 Å². The third-order valence-corrected chi connectivity index (χ3v) is 5.49. The van der Waals surface area contributed by atoms with Gasteiger partial charge in [-0.1, -0.05) is 41.7 Å². The molecule has 0 saturated carbocycles. The number of benzene rings is 2. The van der Waals surface area contributed by atoms with Crippen LogP contribution >= 0.6 is 11.3 Å². The van der Waals surface area contributed by atoms with Crippen molar-refractivity contribution in [1.29, 1.82) is 0 Å². The van der Waals surface area contributed by atoms with Crippen molar-refractivity contribution in [1.82, 2.24) is 4.98 Å². The van der Waals surface area contributed by atoms with Gasteiger partial charge in [0.1, 0.15) is 0 Å². The lowest BCUT2D eigenvalue weighted by atomic mass is 10.1. The number of carbonyl (C=O) groups excluding carboxylic acids is 1. The molecule has 1 heterocycles. The van der Waals surface area contributed by atoms with E-state index in [1.165, 1.54) is 11.3 Å². The molecule has 0 aliphatic heterocycles. The lowest BCUT2D eigenvalue weighted by molar-refractivity contribution is -0.115. The van der Waals surface area contributed by atoms with E-state index < -0.39 is 0 Å². The van der Waals surface area contributed by atoms with Crippen LogP contribution in [0.2, 0.25) is 0 Å². The molecule has 1 aromatic heterocycles. The molecular weight excluding hydrogens is 370 g/mol. The number of nitrogens with zero attached hydrogens (tertiary/aromatic N) is 2. The maximum atomic E-state index is 12.6. The molecule has 5 nitrogen and oxygen atoms in total. The van der Waals surface area contributed by atoms with Crippen molar-refractivity contribution in [3.8, 4) is 0 Å². The third-order valence-electron chi connectivity index (χ3n) is 4.43. The first kappa shape index (κ1) is 20.0. The van der Waals surface area contributed by atoms with Crippen molar-refractivity contribution in [2.45, 2.75) is 46.2 Å². The van der Waals surface area contributed by atoms with Gasteiger partial charge in [-0.2, -0.15) is 4.98 Å². The van der Waals surface area contributed by atoms with E-state index in [9.17, 15) is 9.59 Å². The van der Waals surface area contributed by atoms with Gasteiger partial charge in [-0.25, -0.2) is 0 Å². The van der Waals surface area contributed by atoms with Gasteiger partial charge in [-0.15, -0.1) is 0 Å². The minimum Gasteiger partial charge on any atom is -0.343 e. The first-order valence-electron chi connectivity index (χ1n) is 9.42. The predicted molar refractivity (Wildman–Crippen MR) is 117 cm³/mol. The Balaban J connectivity index is 1.86. The number of anilines is 2. The van der Waals surface area contributed by atoms with E-state index in [2.05, 4.69) is 42.9 Å². The second-order valence-electron chi connectivity index (χ2n) is 7.32. The Morgan fingerprint density at radius 1 is 1.07 bits per heavy atom. The zero-order valence-corrected chi connectivity index (χ0v) is 17.4. The maximum Gasteiger partial charge on any atom is 0.281 e. The Morgan fingerprint density at radius 3 is 2.39 bits per heavy atom. The van der Waals surface area contributed by atoms with Crippen LogP contribution in [0.1, 0.15) is 33.3 Å². The van der Waals surface area contributed by atoms with Crippen LogP contribution in [-0.4, -0.2) is 23.0 Å². The summed E-state index contributed by atoms with van der Waals surface area (Å²) in [6.45, 7) is 8.37. The zero-order valence-electron chi connectivity index (χ0n) is 16.6. The summed E-state index contributed by atoms with van der Waals surface area (Å²) in [7, 11) is 0. The molecule has 1 amide bonds. The molecule has 1 N–H and O–H groups in total. The third kappa shape index (κ3) is 4.57. The molecule has 0 aliphatic rings. The summed E-state index contributed by atoms with van der Waals surface area (Å²) in [5, 5.41) is 4.12. The topological polar surface area (TPSA) is 62.3 Å². The minimum atomic E-state index is -0.269. The summed E-state index contributed by atoms with van der Waals surface area (Å²) in [6, 6.07) is 15.5. The molecule has 3 rings (SSSR count). The van der Waals surface area contributed by atoms with E-state index in [1.807, 2.05) is 42.5 Å². The Hall–Kier alpha value is -2.73. The van der Waals surface area contributed by atoms with Gasteiger partial charge in [0.2, 0.25) is 5.91 Å². The summed E-state index contributed by atoms with van der Waals surface area (Å²) in [4.78, 5) is 31.4. The molecule has 2 aromatic carbocycles. The van der Waals surface area contributed by atoms with E-state index in [-0.39, 0.29) is 23.6 Å². The number of carbonyl (C=O) groups is 1. The molecule has 0 unspecified atom stereocenters. The normalized spacial score (nSPS) is 11.2. The van der Waals surface area contributed by atoms with Gasteiger partial charge in [0.05, 0.1) is 11.8 Å². The molecule has 6 heteroatoms. The fourth-order valence-electron chi connectivity index (χ4n) is 3.27. The minimum absolute atomic E-state index is 0.114. The number of hydrogen-bond acceptors (Lipinski definition) is 5. The first-order valence-corrected chi connectivity index (χ1v) is 10.2. The number of aromatic nitrogens is 1. The first-order chi connectivity index (χ1) is 13.3. The molecule has 146 valence electrons. The van der Waals surface area contributed by atoms with E-state index in [0.717, 1.165) is 15.4 Å². The van der Waals surface area contributed by atoms with Crippen molar-refractivity contribution >= 4 is 38.1 Å². The van der Waals surface area contributed by atoms with Crippen molar-refractivity contribution in [2.75, 3.05) is 10.2 Å². The summed E-state index contributed by atoms with van der Waals surface area (Å²) in [5.74, 6) is -0.114. The molecule has 0 bridgehead atoms. The smallest absolute Gasteiger partial charge is 0.281 e. The monoisotopic (exact) mass is 395 g/mol. The van der Waals surface area contributed by atoms with Gasteiger partial charge in [0, 0.05) is 22.5 Å². The van der Waals surface area contributed by atoms with Crippen LogP contribution in [-0.2, 0) is 11.2 Å². The number of rotatable bonds is 6. The largest absolute Gasteiger partial charge is 0.343 e. The molecule has 0 atom stereocenters. The second-order valence-corrected chi connectivity index (χ2v) is 8.33. The summed E-state index contributed by atoms with van der Waals surface area (Å²) >= 11 is 1.50. The van der Waals surface area contributed by atoms with E-state index >= 15 is 0 Å². The van der Waals surface area contributed by atoms with Crippen LogP contribution < -0.4 is 15.8 Å². The Morgan fingerprint density at radius 2 is 1.75 bits per heavy atom. The fraction of sp³-hybridized carbons (Fsp3) is 0.318. The van der Waals surface area contributed by atoms with Crippen molar-refractivity contribution in [3.05, 3.63) is 64.4 Å². The van der Waals surface area contributed by atoms with Crippen molar-refractivity contribution < 1.29 is 4.79 Å². The molecule has 0 spiro atoms. The number of fused-ring (bicyclic) bond motifs is 1. The SMILES string of the molecule is CC(C)N(c1nc(=O)c2cc(NC(=O)Cc3ccccc3)ccc2s1)C(C)C. The number of amides is 1. The highest BCUT2D eigenvalue weighted by Gasteiger charge is 2.18. The number of hydrogen-bond donors (Lipinski definition) is 1. The average molecular weight is 396 g/mol. The average Bonchev–Trinajstić information content (AvgIpc) is 2.62. The highest BCUT2D eigenvalue weighted by molar-refractivity contribution is 7.21. The van der Waals surface area contributed by atoms with Crippen LogP contribution in [0.5, 0.6) is 0 Å². The molecule has 3 aromatic rings. The van der Waals surface area contributed by atoms with Gasteiger partial charge in [0.15, 0.2) is 5.13 Å². The van der Waals surface area contributed by atoms with Gasteiger partial charge < -0.3 is 10.2 Å².